The number of hydrogen-bond donors (Lipinski definition) is 3. The lowest BCUT2D eigenvalue weighted by atomic mass is 10.0. The molecule has 0 aliphatic heterocycles. The molecule has 0 aromatic rings. The Bertz CT molecular complexity index is 394. The lowest BCUT2D eigenvalue weighted by Gasteiger charge is -2.02. The van der Waals surface area contributed by atoms with Crippen LogP contribution in [0.2, 0.25) is 0 Å². The SMILES string of the molecule is CCCCCCCCCCCCCCCCC[C]=O.NC(CCC(=O)O)C(=O)O.[AlH3]. The van der Waals surface area contributed by atoms with Crippen LogP contribution in [0.1, 0.15) is 122 Å². The van der Waals surface area contributed by atoms with E-state index in [0.29, 0.717) is 6.42 Å². The molecular formula is C23H47AlNO5. The predicted octanol–water partition coefficient (Wildman–Crippen LogP) is 4.44. The lowest BCUT2D eigenvalue weighted by Crippen LogP contribution is -2.30. The largest absolute Gasteiger partial charge is 0.481 e. The third-order valence-electron chi connectivity index (χ3n) is 4.87. The zero-order valence-electron chi connectivity index (χ0n) is 18.5. The first-order valence-electron chi connectivity index (χ1n) is 11.5. The number of rotatable bonds is 20. The molecule has 0 aromatic heterocycles. The van der Waals surface area contributed by atoms with E-state index in [4.69, 9.17) is 15.9 Å². The number of nitrogens with two attached hydrogens (primary N) is 1. The van der Waals surface area contributed by atoms with E-state index in [1.165, 1.54) is 89.9 Å². The fourth-order valence-corrected chi connectivity index (χ4v) is 2.97. The fraction of sp³-hybridized carbons (Fsp3) is 0.870. The summed E-state index contributed by atoms with van der Waals surface area (Å²) < 4.78 is 0. The standard InChI is InChI=1S/C18H35O.C5H9NO4.Al.3H/c1-2-3-4-5-6-7-8-9-10-11-12-13-14-15-16-17-18-19;6-3(5(9)10)1-2-4(7)8;;;;/h2-17H2,1H3;3H,1-2,6H2,(H,7,8)(H,9,10);;;;. The van der Waals surface area contributed by atoms with Crippen LogP contribution in [-0.2, 0) is 14.4 Å². The third-order valence-corrected chi connectivity index (χ3v) is 4.87. The maximum absolute atomic E-state index is 10.0. The molecule has 0 amide bonds. The van der Waals surface area contributed by atoms with Crippen LogP contribution in [0.15, 0.2) is 0 Å². The summed E-state index contributed by atoms with van der Waals surface area (Å²) >= 11 is 0. The molecule has 0 heterocycles. The summed E-state index contributed by atoms with van der Waals surface area (Å²) in [5.41, 5.74) is 5.00. The number of aliphatic carboxylic acids is 2. The fourth-order valence-electron chi connectivity index (χ4n) is 2.97. The zero-order valence-corrected chi connectivity index (χ0v) is 18.5. The van der Waals surface area contributed by atoms with Gasteiger partial charge in [0.25, 0.3) is 0 Å². The van der Waals surface area contributed by atoms with Gasteiger partial charge in [0.15, 0.2) is 23.6 Å². The highest BCUT2D eigenvalue weighted by atomic mass is 27.0. The van der Waals surface area contributed by atoms with Crippen LogP contribution >= 0.6 is 0 Å². The van der Waals surface area contributed by atoms with Crippen molar-refractivity contribution in [1.29, 1.82) is 0 Å². The monoisotopic (exact) mass is 444 g/mol. The number of hydrogen-bond acceptors (Lipinski definition) is 4. The van der Waals surface area contributed by atoms with Crippen LogP contribution < -0.4 is 5.73 Å². The molecule has 0 aliphatic rings. The predicted molar refractivity (Wildman–Crippen MR) is 128 cm³/mol. The van der Waals surface area contributed by atoms with Crippen molar-refractivity contribution in [3.8, 4) is 0 Å². The number of unbranched alkanes of at least 4 members (excludes halogenated alkanes) is 15. The Morgan fingerprint density at radius 3 is 1.43 bits per heavy atom. The maximum atomic E-state index is 10.0. The van der Waals surface area contributed by atoms with E-state index in [1.54, 1.807) is 0 Å². The van der Waals surface area contributed by atoms with Gasteiger partial charge in [-0.3, -0.25) is 14.4 Å². The Labute approximate surface area is 194 Å². The minimum atomic E-state index is -1.17. The van der Waals surface area contributed by atoms with Gasteiger partial charge in [-0.2, -0.15) is 0 Å². The van der Waals surface area contributed by atoms with E-state index in [1.807, 2.05) is 6.29 Å². The van der Waals surface area contributed by atoms with Crippen LogP contribution in [0.3, 0.4) is 0 Å². The van der Waals surface area contributed by atoms with E-state index in [0.717, 1.165) is 6.42 Å². The molecule has 4 N–H and O–H groups in total. The van der Waals surface area contributed by atoms with E-state index >= 15 is 0 Å². The second-order valence-electron chi connectivity index (χ2n) is 7.72. The Morgan fingerprint density at radius 2 is 1.13 bits per heavy atom. The van der Waals surface area contributed by atoms with Gasteiger partial charge in [0, 0.05) is 12.8 Å². The van der Waals surface area contributed by atoms with Gasteiger partial charge in [-0.1, -0.05) is 96.8 Å². The second-order valence-corrected chi connectivity index (χ2v) is 7.72. The Kier molecular flexibility index (Phi) is 31.6. The molecular weight excluding hydrogens is 397 g/mol. The molecule has 0 aromatic carbocycles. The highest BCUT2D eigenvalue weighted by Gasteiger charge is 2.12. The number of carboxylic acid groups (broad SMARTS) is 2. The summed E-state index contributed by atoms with van der Waals surface area (Å²) in [6.07, 6.45) is 23.0. The van der Waals surface area contributed by atoms with Crippen molar-refractivity contribution in [2.75, 3.05) is 0 Å². The average molecular weight is 445 g/mol. The van der Waals surface area contributed by atoms with Gasteiger partial charge < -0.3 is 15.9 Å². The first-order valence-corrected chi connectivity index (χ1v) is 11.5. The van der Waals surface area contributed by atoms with Gasteiger partial charge in [-0.25, -0.2) is 0 Å². The van der Waals surface area contributed by atoms with Crippen molar-refractivity contribution in [2.45, 2.75) is 129 Å². The van der Waals surface area contributed by atoms with Gasteiger partial charge in [-0.15, -0.1) is 0 Å². The molecule has 0 saturated heterocycles. The summed E-state index contributed by atoms with van der Waals surface area (Å²) in [4.78, 5) is 29.9. The van der Waals surface area contributed by atoms with Crippen molar-refractivity contribution < 1.29 is 24.6 Å². The van der Waals surface area contributed by atoms with E-state index in [9.17, 15) is 14.4 Å². The molecule has 177 valence electrons. The zero-order chi connectivity index (χ0) is 22.2. The van der Waals surface area contributed by atoms with E-state index in [2.05, 4.69) is 6.92 Å². The van der Waals surface area contributed by atoms with Gasteiger partial charge in [0.1, 0.15) is 6.04 Å². The molecule has 7 heteroatoms. The molecule has 0 fully saturated rings. The van der Waals surface area contributed by atoms with Crippen LogP contribution in [-0.4, -0.2) is 51.8 Å². The molecule has 1 radical (unpaired) electrons. The number of carbonyl (C=O) groups excluding carboxylic acids is 1. The molecule has 30 heavy (non-hydrogen) atoms. The first-order chi connectivity index (χ1) is 14.0. The Balaban J connectivity index is -0.000000563. The molecule has 0 rings (SSSR count). The molecule has 0 bridgehead atoms. The van der Waals surface area contributed by atoms with Gasteiger partial charge in [0.2, 0.25) is 0 Å². The summed E-state index contributed by atoms with van der Waals surface area (Å²) in [7, 11) is 0. The summed E-state index contributed by atoms with van der Waals surface area (Å²) in [6, 6.07) is -1.06. The van der Waals surface area contributed by atoms with Crippen molar-refractivity contribution >= 4 is 35.6 Å². The molecule has 0 aliphatic carbocycles. The highest BCUT2D eigenvalue weighted by molar-refractivity contribution is 5.75. The molecule has 6 nitrogen and oxygen atoms in total. The van der Waals surface area contributed by atoms with Crippen molar-refractivity contribution in [3.63, 3.8) is 0 Å². The lowest BCUT2D eigenvalue weighted by molar-refractivity contribution is -0.139. The first kappa shape index (κ1) is 33.7. The molecule has 1 unspecified atom stereocenters. The third kappa shape index (κ3) is 31.8. The number of carbonyl (C=O) groups is 2. The second kappa shape index (κ2) is 28.1. The average Bonchev–Trinajstić information content (AvgIpc) is 2.69. The highest BCUT2D eigenvalue weighted by Crippen LogP contribution is 2.13. The van der Waals surface area contributed by atoms with Crippen LogP contribution in [0.5, 0.6) is 0 Å². The topological polar surface area (TPSA) is 118 Å². The van der Waals surface area contributed by atoms with Crippen LogP contribution in [0.25, 0.3) is 0 Å². The number of carboxylic acids is 2. The van der Waals surface area contributed by atoms with Crippen molar-refractivity contribution in [1.82, 2.24) is 0 Å². The smallest absolute Gasteiger partial charge is 0.320 e. The minimum absolute atomic E-state index is 0. The molecule has 1 atom stereocenters. The van der Waals surface area contributed by atoms with E-state index in [-0.39, 0.29) is 30.2 Å². The summed E-state index contributed by atoms with van der Waals surface area (Å²) in [5.74, 6) is -2.20. The minimum Gasteiger partial charge on any atom is -0.481 e. The van der Waals surface area contributed by atoms with Gasteiger partial charge in [-0.05, 0) is 12.8 Å². The summed E-state index contributed by atoms with van der Waals surface area (Å²) in [6.45, 7) is 2.28. The van der Waals surface area contributed by atoms with Gasteiger partial charge in [0.05, 0.1) is 0 Å². The van der Waals surface area contributed by atoms with E-state index < -0.39 is 18.0 Å². The van der Waals surface area contributed by atoms with Crippen molar-refractivity contribution in [2.24, 2.45) is 5.73 Å². The quantitative estimate of drug-likeness (QED) is 0.189. The van der Waals surface area contributed by atoms with Gasteiger partial charge >= 0.3 is 11.9 Å². The Morgan fingerprint density at radius 1 is 0.767 bits per heavy atom. The Hall–Kier alpha value is -0.898. The normalized spacial score (nSPS) is 11.0. The molecule has 0 spiro atoms. The van der Waals surface area contributed by atoms with Crippen molar-refractivity contribution in [3.05, 3.63) is 0 Å². The maximum Gasteiger partial charge on any atom is 0.320 e. The van der Waals surface area contributed by atoms with Crippen LogP contribution in [0, 0.1) is 0 Å². The molecule has 0 saturated carbocycles. The van der Waals surface area contributed by atoms with Crippen LogP contribution in [0.4, 0.5) is 0 Å². The summed E-state index contributed by atoms with van der Waals surface area (Å²) in [5, 5.41) is 16.3.